The van der Waals surface area contributed by atoms with Crippen molar-refractivity contribution >= 4 is 72.3 Å². The van der Waals surface area contributed by atoms with Crippen molar-refractivity contribution in [3.8, 4) is 5.75 Å². The van der Waals surface area contributed by atoms with Gasteiger partial charge in [0.2, 0.25) is 0 Å². The summed E-state index contributed by atoms with van der Waals surface area (Å²) in [5.74, 6) is 0.616. The van der Waals surface area contributed by atoms with Gasteiger partial charge in [0.1, 0.15) is 12.4 Å². The second kappa shape index (κ2) is 12.2. The lowest BCUT2D eigenvalue weighted by Gasteiger charge is -2.30. The van der Waals surface area contributed by atoms with Gasteiger partial charge in [0.25, 0.3) is 11.2 Å². The number of aromatic nitrogens is 1. The summed E-state index contributed by atoms with van der Waals surface area (Å²) < 4.78 is 9.69. The van der Waals surface area contributed by atoms with Crippen LogP contribution in [0.5, 0.6) is 5.75 Å². The first-order valence-electron chi connectivity index (χ1n) is 14.0. The Bertz CT molecular complexity index is 2220. The molecule has 0 radical (unpaired) electrons. The Morgan fingerprint density at radius 1 is 1.02 bits per heavy atom. The summed E-state index contributed by atoms with van der Waals surface area (Å²) in [4.78, 5) is 31.0. The molecule has 2 aliphatic rings. The zero-order chi connectivity index (χ0) is 31.2. The topological polar surface area (TPSA) is 86.7 Å². The van der Waals surface area contributed by atoms with E-state index in [2.05, 4.69) is 44.0 Å². The maximum absolute atomic E-state index is 14.1. The number of non-ortho nitro benzene ring substituents is 1. The number of hydrogen-bond donors (Lipinski definition) is 0. The summed E-state index contributed by atoms with van der Waals surface area (Å²) in [7, 11) is 0. The number of ether oxygens (including phenoxy) is 1. The lowest BCUT2D eigenvalue weighted by Crippen LogP contribution is -2.38. The molecule has 0 fully saturated rings. The van der Waals surface area contributed by atoms with E-state index in [1.54, 1.807) is 16.7 Å². The molecule has 0 amide bonds. The maximum Gasteiger partial charge on any atom is 0.271 e. The number of nitrogens with zero attached hydrogens (tertiary/aromatic N) is 3. The van der Waals surface area contributed by atoms with Gasteiger partial charge in [-0.15, -0.1) is 0 Å². The molecule has 4 aromatic carbocycles. The molecule has 0 saturated carbocycles. The Morgan fingerprint density at radius 2 is 1.78 bits per heavy atom. The predicted octanol–water partition coefficient (Wildman–Crippen LogP) is 7.98. The van der Waals surface area contributed by atoms with E-state index in [1.165, 1.54) is 23.0 Å². The highest BCUT2D eigenvalue weighted by atomic mass is 79.9. The van der Waals surface area contributed by atoms with Crippen LogP contribution in [0.15, 0.2) is 109 Å². The maximum atomic E-state index is 14.1. The largest absolute Gasteiger partial charge is 0.486 e. The fourth-order valence-electron chi connectivity index (χ4n) is 5.85. The Kier molecular flexibility index (Phi) is 8.07. The van der Waals surface area contributed by atoms with Crippen LogP contribution in [0.4, 0.5) is 5.69 Å². The summed E-state index contributed by atoms with van der Waals surface area (Å²) >= 11 is 14.9. The molecule has 0 bridgehead atoms. The molecule has 224 valence electrons. The number of halogens is 3. The van der Waals surface area contributed by atoms with Crippen molar-refractivity contribution in [3.63, 3.8) is 0 Å². The Balaban J connectivity index is 1.33. The summed E-state index contributed by atoms with van der Waals surface area (Å²) in [6.45, 7) is 0.292. The van der Waals surface area contributed by atoms with Gasteiger partial charge >= 0.3 is 0 Å². The first kappa shape index (κ1) is 29.9. The van der Waals surface area contributed by atoms with Gasteiger partial charge in [-0.3, -0.25) is 19.5 Å². The molecule has 0 N–H and O–H groups in total. The van der Waals surface area contributed by atoms with Crippen molar-refractivity contribution in [2.24, 2.45) is 4.99 Å². The first-order valence-corrected chi connectivity index (χ1v) is 16.8. The molecular formula is C34H22Br2ClN3O4S. The molecule has 1 aliphatic carbocycles. The van der Waals surface area contributed by atoms with Crippen molar-refractivity contribution in [3.05, 3.63) is 162 Å². The molecule has 1 aliphatic heterocycles. The molecule has 0 saturated heterocycles. The number of thiazole rings is 1. The number of allylic oxidation sites excluding steroid dienone is 1. The number of benzene rings is 4. The highest BCUT2D eigenvalue weighted by Crippen LogP contribution is 2.42. The Hall–Kier alpha value is -3.83. The van der Waals surface area contributed by atoms with Crippen LogP contribution in [0.1, 0.15) is 40.3 Å². The molecule has 1 atom stereocenters. The van der Waals surface area contributed by atoms with Crippen molar-refractivity contribution in [1.82, 2.24) is 4.57 Å². The van der Waals surface area contributed by atoms with Crippen molar-refractivity contribution in [1.29, 1.82) is 0 Å². The van der Waals surface area contributed by atoms with Crippen LogP contribution < -0.4 is 19.6 Å². The van der Waals surface area contributed by atoms with Gasteiger partial charge in [-0.05, 0) is 91.2 Å². The smallest absolute Gasteiger partial charge is 0.271 e. The lowest BCUT2D eigenvalue weighted by molar-refractivity contribution is -0.384. The van der Waals surface area contributed by atoms with Gasteiger partial charge in [-0.25, -0.2) is 4.99 Å². The summed E-state index contributed by atoms with van der Waals surface area (Å²) in [5, 5.41) is 12.3. The van der Waals surface area contributed by atoms with E-state index in [1.807, 2.05) is 60.7 Å². The predicted molar refractivity (Wildman–Crippen MR) is 183 cm³/mol. The van der Waals surface area contributed by atoms with Crippen LogP contribution in [-0.2, 0) is 13.0 Å². The molecule has 7 nitrogen and oxygen atoms in total. The van der Waals surface area contributed by atoms with E-state index in [9.17, 15) is 14.9 Å². The van der Waals surface area contributed by atoms with Crippen LogP contribution in [0.3, 0.4) is 0 Å². The summed E-state index contributed by atoms with van der Waals surface area (Å²) in [6.07, 6.45) is 3.33. The Labute approximate surface area is 283 Å². The third-order valence-corrected chi connectivity index (χ3v) is 10.4. The normalized spacial score (nSPS) is 15.6. The number of nitro benzene ring substituents is 1. The van der Waals surface area contributed by atoms with Gasteiger partial charge < -0.3 is 4.74 Å². The number of aryl methyl sites for hydroxylation is 1. The van der Waals surface area contributed by atoms with Crippen molar-refractivity contribution in [2.75, 3.05) is 0 Å². The van der Waals surface area contributed by atoms with Gasteiger partial charge in [0.15, 0.2) is 4.80 Å². The van der Waals surface area contributed by atoms with Crippen LogP contribution in [0.25, 0.3) is 11.8 Å². The lowest BCUT2D eigenvalue weighted by atomic mass is 9.83. The van der Waals surface area contributed by atoms with Gasteiger partial charge in [-0.1, -0.05) is 77.5 Å². The van der Waals surface area contributed by atoms with Crippen LogP contribution in [-0.4, -0.2) is 9.49 Å². The minimum atomic E-state index is -0.509. The molecule has 0 spiro atoms. The van der Waals surface area contributed by atoms with E-state index in [0.717, 1.165) is 34.4 Å². The third-order valence-electron chi connectivity index (χ3n) is 7.92. The average molecular weight is 764 g/mol. The zero-order valence-corrected chi connectivity index (χ0v) is 28.1. The molecule has 1 aromatic heterocycles. The molecule has 5 aromatic rings. The van der Waals surface area contributed by atoms with Crippen LogP contribution >= 0.6 is 54.8 Å². The van der Waals surface area contributed by atoms with Gasteiger partial charge in [0, 0.05) is 28.3 Å². The number of fused-ring (bicyclic) bond motifs is 3. The summed E-state index contributed by atoms with van der Waals surface area (Å²) in [5.41, 5.74) is 6.17. The fourth-order valence-corrected chi connectivity index (χ4v) is 8.49. The average Bonchev–Trinajstić information content (AvgIpc) is 3.34. The fraction of sp³-hybridized carbons (Fsp3) is 0.118. The van der Waals surface area contributed by atoms with Crippen LogP contribution in [0, 0.1) is 10.1 Å². The van der Waals surface area contributed by atoms with Gasteiger partial charge in [0.05, 0.1) is 30.1 Å². The second-order valence-electron chi connectivity index (χ2n) is 10.7. The minimum absolute atomic E-state index is 0.0171. The minimum Gasteiger partial charge on any atom is -0.486 e. The van der Waals surface area contributed by atoms with Gasteiger partial charge in [-0.2, -0.15) is 0 Å². The number of rotatable bonds is 6. The molecule has 7 rings (SSSR count). The molecule has 45 heavy (non-hydrogen) atoms. The van der Waals surface area contributed by atoms with E-state index < -0.39 is 11.0 Å². The monoisotopic (exact) mass is 761 g/mol. The standard InChI is InChI=1S/C34H22Br2ClN3O4S/c35-26-14-19(15-27(36)32(26)44-18-22-7-2-4-11-28(22)37)16-29-33(41)39-31(21-8-5-9-23(17-21)40(42)43)25-13-12-20-6-1-3-10-24(20)30(25)38-34(39)45-29/h1-11,14-17,31H,12-13,18H2/b29-16+/t31-/m1/s1. The van der Waals surface area contributed by atoms with Crippen molar-refractivity contribution < 1.29 is 9.66 Å². The highest BCUT2D eigenvalue weighted by molar-refractivity contribution is 9.11. The van der Waals surface area contributed by atoms with Crippen LogP contribution in [0.2, 0.25) is 5.02 Å². The van der Waals surface area contributed by atoms with E-state index in [4.69, 9.17) is 21.3 Å². The third kappa shape index (κ3) is 5.61. The number of nitro groups is 1. The quantitative estimate of drug-likeness (QED) is 0.130. The van der Waals surface area contributed by atoms with E-state index >= 15 is 0 Å². The van der Waals surface area contributed by atoms with E-state index in [-0.39, 0.29) is 11.2 Å². The first-order chi connectivity index (χ1) is 21.8. The molecule has 11 heteroatoms. The molecule has 2 heterocycles. The number of hydrogen-bond acceptors (Lipinski definition) is 6. The summed E-state index contributed by atoms with van der Waals surface area (Å²) in [6, 6.07) is 25.5. The Morgan fingerprint density at radius 3 is 2.56 bits per heavy atom. The molecule has 0 unspecified atom stereocenters. The molecular weight excluding hydrogens is 742 g/mol. The second-order valence-corrected chi connectivity index (χ2v) is 13.8. The highest BCUT2D eigenvalue weighted by Gasteiger charge is 2.33. The van der Waals surface area contributed by atoms with Crippen molar-refractivity contribution in [2.45, 2.75) is 25.5 Å². The zero-order valence-electron chi connectivity index (χ0n) is 23.4. The SMILES string of the molecule is O=c1/c(=C\c2cc(Br)c(OCc3ccccc3Cl)c(Br)c2)sc2n1[C@H](c1cccc([N+](=O)[O-])c1)C1=C(N=2)c2ccccc2CC1. The van der Waals surface area contributed by atoms with E-state index in [0.29, 0.717) is 47.6 Å².